The minimum absolute atomic E-state index is 0.154. The Morgan fingerprint density at radius 2 is 2.09 bits per heavy atom. The molecule has 10 nitrogen and oxygen atoms in total. The van der Waals surface area contributed by atoms with Crippen molar-refractivity contribution >= 4 is 27.1 Å². The zero-order valence-electron chi connectivity index (χ0n) is 18.2. The van der Waals surface area contributed by atoms with E-state index in [0.29, 0.717) is 23.3 Å². The van der Waals surface area contributed by atoms with E-state index in [9.17, 15) is 22.0 Å². The van der Waals surface area contributed by atoms with Gasteiger partial charge in [0.05, 0.1) is 10.9 Å². The quantitative estimate of drug-likeness (QED) is 0.445. The number of carbonyl (C=O) groups is 1. The van der Waals surface area contributed by atoms with E-state index in [1.807, 2.05) is 0 Å². The van der Waals surface area contributed by atoms with Crippen LogP contribution in [-0.2, 0) is 16.4 Å². The summed E-state index contributed by atoms with van der Waals surface area (Å²) in [6, 6.07) is 2.43. The zero-order valence-corrected chi connectivity index (χ0v) is 19.9. The maximum absolute atomic E-state index is 13.0. The lowest BCUT2D eigenvalue weighted by Crippen LogP contribution is -2.29. The van der Waals surface area contributed by atoms with E-state index < -0.39 is 34.1 Å². The number of alkyl halides is 2. The van der Waals surface area contributed by atoms with Crippen LogP contribution < -0.4 is 15.8 Å². The Hall–Kier alpha value is -2.97. The van der Waals surface area contributed by atoms with Crippen molar-refractivity contribution in [2.45, 2.75) is 49.8 Å². The standard InChI is InChI=1S/C20H22F2N6O4S2/c1-10(17-26-16(11-3-4-11)27-28(17)20-24-9-14(8-23)33-20)25-18(29)12-5-13(32-19(21)22)7-15(6-12)34(2,30)31/h5-7,9-11,19H,3-4,8,23H2,1-2H3,(H,25,29)/t10-/m0/s1. The fourth-order valence-electron chi connectivity index (χ4n) is 3.20. The lowest BCUT2D eigenvalue weighted by molar-refractivity contribution is -0.0500. The molecule has 4 rings (SSSR count). The van der Waals surface area contributed by atoms with Crippen LogP contribution >= 0.6 is 11.3 Å². The smallest absolute Gasteiger partial charge is 0.387 e. The van der Waals surface area contributed by atoms with Crippen molar-refractivity contribution in [1.29, 1.82) is 0 Å². The second-order valence-corrected chi connectivity index (χ2v) is 11.0. The van der Waals surface area contributed by atoms with E-state index in [1.54, 1.807) is 17.8 Å². The lowest BCUT2D eigenvalue weighted by Gasteiger charge is -2.15. The number of hydrogen-bond acceptors (Lipinski definition) is 9. The van der Waals surface area contributed by atoms with Gasteiger partial charge in [0.25, 0.3) is 5.91 Å². The molecule has 34 heavy (non-hydrogen) atoms. The summed E-state index contributed by atoms with van der Waals surface area (Å²) >= 11 is 1.35. The maximum Gasteiger partial charge on any atom is 0.387 e. The highest BCUT2D eigenvalue weighted by Gasteiger charge is 2.31. The molecule has 0 unspecified atom stereocenters. The number of sulfone groups is 1. The van der Waals surface area contributed by atoms with Crippen LogP contribution in [0, 0.1) is 0 Å². The summed E-state index contributed by atoms with van der Waals surface area (Å²) in [6.45, 7) is -1.17. The highest BCUT2D eigenvalue weighted by Crippen LogP contribution is 2.39. The molecule has 0 aliphatic heterocycles. The summed E-state index contributed by atoms with van der Waals surface area (Å²) in [4.78, 5) is 22.4. The lowest BCUT2D eigenvalue weighted by atomic mass is 10.2. The Kier molecular flexibility index (Phi) is 6.64. The molecule has 1 aliphatic carbocycles. The van der Waals surface area contributed by atoms with Crippen LogP contribution in [0.4, 0.5) is 8.78 Å². The van der Waals surface area contributed by atoms with Crippen LogP contribution in [0.1, 0.15) is 58.6 Å². The number of carbonyl (C=O) groups excluding carboxylic acids is 1. The van der Waals surface area contributed by atoms with E-state index in [-0.39, 0.29) is 16.4 Å². The van der Waals surface area contributed by atoms with Gasteiger partial charge in [0.15, 0.2) is 21.5 Å². The normalized spacial score (nSPS) is 14.9. The first kappa shape index (κ1) is 24.2. The highest BCUT2D eigenvalue weighted by atomic mass is 32.2. The van der Waals surface area contributed by atoms with Crippen molar-refractivity contribution in [2.24, 2.45) is 5.73 Å². The number of aromatic nitrogens is 4. The third kappa shape index (κ3) is 5.39. The molecule has 2 heterocycles. The summed E-state index contributed by atoms with van der Waals surface area (Å²) in [5.41, 5.74) is 5.53. The summed E-state index contributed by atoms with van der Waals surface area (Å²) in [5, 5.41) is 7.83. The van der Waals surface area contributed by atoms with E-state index in [4.69, 9.17) is 5.73 Å². The predicted molar refractivity (Wildman–Crippen MR) is 119 cm³/mol. The Bertz CT molecular complexity index is 1320. The van der Waals surface area contributed by atoms with Gasteiger partial charge in [-0.15, -0.1) is 5.10 Å². The van der Waals surface area contributed by atoms with E-state index >= 15 is 0 Å². The molecule has 1 fully saturated rings. The molecule has 1 aliphatic rings. The molecule has 1 atom stereocenters. The van der Waals surface area contributed by atoms with Gasteiger partial charge in [0, 0.05) is 35.4 Å². The van der Waals surface area contributed by atoms with Crippen molar-refractivity contribution in [3.05, 3.63) is 46.5 Å². The second kappa shape index (κ2) is 9.35. The molecule has 1 saturated carbocycles. The van der Waals surface area contributed by atoms with Gasteiger partial charge < -0.3 is 15.8 Å². The molecular formula is C20H22F2N6O4S2. The van der Waals surface area contributed by atoms with Crippen molar-refractivity contribution in [1.82, 2.24) is 25.1 Å². The van der Waals surface area contributed by atoms with Crippen LogP contribution in [0.5, 0.6) is 5.75 Å². The highest BCUT2D eigenvalue weighted by molar-refractivity contribution is 7.90. The number of nitrogens with two attached hydrogens (primary N) is 1. The average Bonchev–Trinajstić information content (AvgIpc) is 3.33. The number of amides is 1. The minimum Gasteiger partial charge on any atom is -0.435 e. The van der Waals surface area contributed by atoms with E-state index in [0.717, 1.165) is 42.2 Å². The number of rotatable bonds is 9. The molecule has 0 spiro atoms. The van der Waals surface area contributed by atoms with Gasteiger partial charge in [-0.2, -0.15) is 13.5 Å². The first-order chi connectivity index (χ1) is 16.0. The van der Waals surface area contributed by atoms with Crippen LogP contribution in [0.25, 0.3) is 5.13 Å². The molecule has 182 valence electrons. The van der Waals surface area contributed by atoms with Crippen molar-refractivity contribution in [3.8, 4) is 10.9 Å². The summed E-state index contributed by atoms with van der Waals surface area (Å²) in [7, 11) is -3.79. The van der Waals surface area contributed by atoms with Gasteiger partial charge in [-0.3, -0.25) is 4.79 Å². The summed E-state index contributed by atoms with van der Waals surface area (Å²) in [6.07, 6.45) is 4.50. The van der Waals surface area contributed by atoms with E-state index in [2.05, 4.69) is 25.1 Å². The Morgan fingerprint density at radius 3 is 2.68 bits per heavy atom. The van der Waals surface area contributed by atoms with Crippen molar-refractivity contribution in [2.75, 3.05) is 6.26 Å². The molecule has 14 heteroatoms. The van der Waals surface area contributed by atoms with Crippen LogP contribution in [0.2, 0.25) is 0 Å². The monoisotopic (exact) mass is 512 g/mol. The molecule has 3 N–H and O–H groups in total. The number of hydrogen-bond donors (Lipinski definition) is 2. The topological polar surface area (TPSA) is 142 Å². The number of thiazole rings is 1. The average molecular weight is 513 g/mol. The number of nitrogens with zero attached hydrogens (tertiary/aromatic N) is 4. The zero-order chi connectivity index (χ0) is 24.6. The number of ether oxygens (including phenoxy) is 1. The first-order valence-electron chi connectivity index (χ1n) is 10.3. The Labute approximate surface area is 198 Å². The maximum atomic E-state index is 13.0. The molecule has 1 amide bonds. The molecule has 0 radical (unpaired) electrons. The van der Waals surface area contributed by atoms with Gasteiger partial charge in [-0.25, -0.2) is 18.4 Å². The van der Waals surface area contributed by atoms with Crippen LogP contribution in [0.3, 0.4) is 0 Å². The van der Waals surface area contributed by atoms with Gasteiger partial charge in [-0.1, -0.05) is 11.3 Å². The molecule has 1 aromatic carbocycles. The van der Waals surface area contributed by atoms with Crippen LogP contribution in [0.15, 0.2) is 29.3 Å². The largest absolute Gasteiger partial charge is 0.435 e. The Balaban J connectivity index is 1.64. The van der Waals surface area contributed by atoms with Crippen LogP contribution in [-0.4, -0.2) is 46.9 Å². The molecular weight excluding hydrogens is 490 g/mol. The molecule has 0 saturated heterocycles. The summed E-state index contributed by atoms with van der Waals surface area (Å²) in [5.74, 6) is 0.189. The molecule has 0 bridgehead atoms. The predicted octanol–water partition coefficient (Wildman–Crippen LogP) is 2.56. The third-order valence-electron chi connectivity index (χ3n) is 5.05. The SMILES string of the molecule is C[C@H](NC(=O)c1cc(OC(F)F)cc(S(C)(=O)=O)c1)c1nc(C2CC2)nn1-c1ncc(CN)s1. The van der Waals surface area contributed by atoms with Gasteiger partial charge in [0.2, 0.25) is 5.13 Å². The number of halogens is 2. The van der Waals surface area contributed by atoms with Gasteiger partial charge >= 0.3 is 6.61 Å². The molecule has 2 aromatic heterocycles. The second-order valence-electron chi connectivity index (χ2n) is 7.87. The van der Waals surface area contributed by atoms with Gasteiger partial charge in [0.1, 0.15) is 5.75 Å². The molecule has 3 aromatic rings. The fourth-order valence-corrected chi connectivity index (χ4v) is 4.62. The fraction of sp³-hybridized carbons (Fsp3) is 0.400. The Morgan fingerprint density at radius 1 is 1.35 bits per heavy atom. The van der Waals surface area contributed by atoms with E-state index in [1.165, 1.54) is 11.3 Å². The van der Waals surface area contributed by atoms with Crippen molar-refractivity contribution in [3.63, 3.8) is 0 Å². The third-order valence-corrected chi connectivity index (χ3v) is 7.13. The van der Waals surface area contributed by atoms with Gasteiger partial charge in [-0.05, 0) is 38.0 Å². The minimum atomic E-state index is -3.79. The number of nitrogens with one attached hydrogen (secondary N) is 1. The first-order valence-corrected chi connectivity index (χ1v) is 13.0. The number of benzene rings is 1. The van der Waals surface area contributed by atoms with Crippen molar-refractivity contribution < 1.29 is 26.7 Å². The summed E-state index contributed by atoms with van der Waals surface area (Å²) < 4.78 is 55.3.